The fourth-order valence-electron chi connectivity index (χ4n) is 2.62. The first-order chi connectivity index (χ1) is 10.8. The Balaban J connectivity index is 2.41. The molecule has 0 unspecified atom stereocenters. The summed E-state index contributed by atoms with van der Waals surface area (Å²) >= 11 is 0. The molecule has 0 aliphatic heterocycles. The standard InChI is InChI=1S/C18H16N2O2/c1-22-18(21)16-13-9-5-6-10-15(13)20-17(14(16)11-19)12-7-3-2-4-8-12/h2-10H,11,19H2,1H3. The molecular weight excluding hydrogens is 276 g/mol. The van der Waals surface area contributed by atoms with Gasteiger partial charge in [0.25, 0.3) is 0 Å². The Morgan fingerprint density at radius 1 is 1.09 bits per heavy atom. The molecule has 4 nitrogen and oxygen atoms in total. The molecule has 2 aromatic carbocycles. The molecule has 1 heterocycles. The molecule has 0 saturated heterocycles. The van der Waals surface area contributed by atoms with Crippen LogP contribution in [0.4, 0.5) is 0 Å². The zero-order chi connectivity index (χ0) is 15.5. The van der Waals surface area contributed by atoms with Gasteiger partial charge in [-0.2, -0.15) is 0 Å². The summed E-state index contributed by atoms with van der Waals surface area (Å²) in [5.41, 5.74) is 9.53. The molecule has 0 atom stereocenters. The highest BCUT2D eigenvalue weighted by molar-refractivity contribution is 6.06. The molecule has 0 aliphatic carbocycles. The van der Waals surface area contributed by atoms with Crippen LogP contribution < -0.4 is 5.73 Å². The third-order valence-corrected chi connectivity index (χ3v) is 3.63. The molecule has 0 spiro atoms. The molecule has 0 aliphatic rings. The number of para-hydroxylation sites is 1. The third-order valence-electron chi connectivity index (χ3n) is 3.63. The van der Waals surface area contributed by atoms with Crippen LogP contribution in [0, 0.1) is 0 Å². The first-order valence-corrected chi connectivity index (χ1v) is 7.01. The lowest BCUT2D eigenvalue weighted by Gasteiger charge is -2.14. The van der Waals surface area contributed by atoms with Gasteiger partial charge in [-0.1, -0.05) is 48.5 Å². The predicted molar refractivity (Wildman–Crippen MR) is 86.4 cm³/mol. The summed E-state index contributed by atoms with van der Waals surface area (Å²) in [5, 5.41) is 0.759. The number of pyridine rings is 1. The first kappa shape index (κ1) is 14.2. The lowest BCUT2D eigenvalue weighted by molar-refractivity contribution is 0.0601. The molecular formula is C18H16N2O2. The predicted octanol–water partition coefficient (Wildman–Crippen LogP) is 3.15. The van der Waals surface area contributed by atoms with Crippen molar-refractivity contribution in [2.45, 2.75) is 6.54 Å². The van der Waals surface area contributed by atoms with Gasteiger partial charge in [-0.05, 0) is 6.07 Å². The monoisotopic (exact) mass is 292 g/mol. The van der Waals surface area contributed by atoms with Gasteiger partial charge >= 0.3 is 5.97 Å². The number of hydrogen-bond acceptors (Lipinski definition) is 4. The van der Waals surface area contributed by atoms with Gasteiger partial charge in [0.2, 0.25) is 0 Å². The molecule has 0 saturated carbocycles. The number of ether oxygens (including phenoxy) is 1. The molecule has 22 heavy (non-hydrogen) atoms. The van der Waals surface area contributed by atoms with Crippen LogP contribution in [0.25, 0.3) is 22.2 Å². The SMILES string of the molecule is COC(=O)c1c(CN)c(-c2ccccc2)nc2ccccc12. The minimum absolute atomic E-state index is 0.215. The van der Waals surface area contributed by atoms with Gasteiger partial charge in [0, 0.05) is 23.1 Å². The average Bonchev–Trinajstić information content (AvgIpc) is 2.60. The number of rotatable bonds is 3. The normalized spacial score (nSPS) is 10.6. The number of aromatic nitrogens is 1. The number of esters is 1. The Labute approximate surface area is 128 Å². The topological polar surface area (TPSA) is 65.2 Å². The van der Waals surface area contributed by atoms with Crippen molar-refractivity contribution in [3.63, 3.8) is 0 Å². The Morgan fingerprint density at radius 3 is 2.45 bits per heavy atom. The number of fused-ring (bicyclic) bond motifs is 1. The summed E-state index contributed by atoms with van der Waals surface area (Å²) in [6, 6.07) is 17.2. The van der Waals surface area contributed by atoms with E-state index < -0.39 is 5.97 Å². The summed E-state index contributed by atoms with van der Waals surface area (Å²) < 4.78 is 4.96. The fourth-order valence-corrected chi connectivity index (χ4v) is 2.62. The van der Waals surface area contributed by atoms with Crippen LogP contribution in [0.2, 0.25) is 0 Å². The van der Waals surface area contributed by atoms with Crippen molar-refractivity contribution in [3.05, 3.63) is 65.7 Å². The summed E-state index contributed by atoms with van der Waals surface area (Å²) in [5.74, 6) is -0.392. The van der Waals surface area contributed by atoms with Crippen LogP contribution in [0.1, 0.15) is 15.9 Å². The molecule has 110 valence electrons. The van der Waals surface area contributed by atoms with Crippen molar-refractivity contribution >= 4 is 16.9 Å². The summed E-state index contributed by atoms with van der Waals surface area (Å²) in [7, 11) is 1.38. The van der Waals surface area contributed by atoms with Crippen LogP contribution in [0.5, 0.6) is 0 Å². The fraction of sp³-hybridized carbons (Fsp3) is 0.111. The molecule has 2 N–H and O–H groups in total. The highest BCUT2D eigenvalue weighted by atomic mass is 16.5. The molecule has 3 rings (SSSR count). The molecule has 4 heteroatoms. The van der Waals surface area contributed by atoms with Crippen molar-refractivity contribution < 1.29 is 9.53 Å². The number of nitrogens with two attached hydrogens (primary N) is 1. The van der Waals surface area contributed by atoms with Crippen molar-refractivity contribution in [1.29, 1.82) is 0 Å². The molecule has 0 bridgehead atoms. The second-order valence-corrected chi connectivity index (χ2v) is 4.89. The minimum Gasteiger partial charge on any atom is -0.465 e. The number of carbonyl (C=O) groups excluding carboxylic acids is 1. The minimum atomic E-state index is -0.392. The molecule has 3 aromatic rings. The Bertz CT molecular complexity index is 829. The lowest BCUT2D eigenvalue weighted by Crippen LogP contribution is -2.13. The second-order valence-electron chi connectivity index (χ2n) is 4.89. The lowest BCUT2D eigenvalue weighted by atomic mass is 9.96. The molecule has 0 radical (unpaired) electrons. The number of methoxy groups -OCH3 is 1. The summed E-state index contributed by atoms with van der Waals surface area (Å²) in [6.07, 6.45) is 0. The highest BCUT2D eigenvalue weighted by Crippen LogP contribution is 2.30. The smallest absolute Gasteiger partial charge is 0.338 e. The highest BCUT2D eigenvalue weighted by Gasteiger charge is 2.20. The quantitative estimate of drug-likeness (QED) is 0.753. The zero-order valence-corrected chi connectivity index (χ0v) is 12.2. The number of hydrogen-bond donors (Lipinski definition) is 1. The number of nitrogens with zero attached hydrogens (tertiary/aromatic N) is 1. The number of benzene rings is 2. The van der Waals surface area contributed by atoms with E-state index >= 15 is 0 Å². The van der Waals surface area contributed by atoms with E-state index in [0.717, 1.165) is 22.2 Å². The van der Waals surface area contributed by atoms with Gasteiger partial charge in [0.15, 0.2) is 0 Å². The third kappa shape index (κ3) is 2.34. The van der Waals surface area contributed by atoms with Crippen LogP contribution in [0.3, 0.4) is 0 Å². The van der Waals surface area contributed by atoms with Gasteiger partial charge in [0.1, 0.15) is 0 Å². The van der Waals surface area contributed by atoms with E-state index in [9.17, 15) is 4.79 Å². The summed E-state index contributed by atoms with van der Waals surface area (Å²) in [4.78, 5) is 17.0. The second kappa shape index (κ2) is 5.95. The van der Waals surface area contributed by atoms with Gasteiger partial charge < -0.3 is 10.5 Å². The zero-order valence-electron chi connectivity index (χ0n) is 12.2. The maximum atomic E-state index is 12.3. The van der Waals surface area contributed by atoms with Crippen molar-refractivity contribution in [3.8, 4) is 11.3 Å². The van der Waals surface area contributed by atoms with E-state index in [1.807, 2.05) is 54.6 Å². The van der Waals surface area contributed by atoms with Gasteiger partial charge in [-0.3, -0.25) is 0 Å². The Kier molecular flexibility index (Phi) is 3.85. The molecule has 0 amide bonds. The van der Waals surface area contributed by atoms with Crippen LogP contribution in [0.15, 0.2) is 54.6 Å². The van der Waals surface area contributed by atoms with E-state index in [-0.39, 0.29) is 6.54 Å². The van der Waals surface area contributed by atoms with Gasteiger partial charge in [-0.15, -0.1) is 0 Å². The molecule has 0 fully saturated rings. The Hall–Kier alpha value is -2.72. The first-order valence-electron chi connectivity index (χ1n) is 7.01. The van der Waals surface area contributed by atoms with Crippen LogP contribution in [-0.2, 0) is 11.3 Å². The number of carbonyl (C=O) groups is 1. The van der Waals surface area contributed by atoms with Crippen molar-refractivity contribution in [1.82, 2.24) is 4.98 Å². The van der Waals surface area contributed by atoms with E-state index in [2.05, 4.69) is 0 Å². The van der Waals surface area contributed by atoms with E-state index in [1.165, 1.54) is 7.11 Å². The van der Waals surface area contributed by atoms with Gasteiger partial charge in [0.05, 0.1) is 23.9 Å². The van der Waals surface area contributed by atoms with Crippen LogP contribution in [-0.4, -0.2) is 18.1 Å². The maximum absolute atomic E-state index is 12.3. The van der Waals surface area contributed by atoms with Crippen molar-refractivity contribution in [2.24, 2.45) is 5.73 Å². The largest absolute Gasteiger partial charge is 0.465 e. The van der Waals surface area contributed by atoms with E-state index in [0.29, 0.717) is 11.1 Å². The maximum Gasteiger partial charge on any atom is 0.338 e. The van der Waals surface area contributed by atoms with Crippen molar-refractivity contribution in [2.75, 3.05) is 7.11 Å². The van der Waals surface area contributed by atoms with E-state index in [4.69, 9.17) is 15.5 Å². The van der Waals surface area contributed by atoms with E-state index in [1.54, 1.807) is 0 Å². The van der Waals surface area contributed by atoms with Crippen LogP contribution >= 0.6 is 0 Å². The Morgan fingerprint density at radius 2 is 1.77 bits per heavy atom. The molecule has 1 aromatic heterocycles. The van der Waals surface area contributed by atoms with Gasteiger partial charge in [-0.25, -0.2) is 9.78 Å². The summed E-state index contributed by atoms with van der Waals surface area (Å²) in [6.45, 7) is 0.215. The average molecular weight is 292 g/mol.